The van der Waals surface area contributed by atoms with E-state index < -0.39 is 0 Å². The molecule has 5 heteroatoms. The molecule has 0 saturated heterocycles. The molecular formula is C22H23N3OS. The summed E-state index contributed by atoms with van der Waals surface area (Å²) < 4.78 is 0. The van der Waals surface area contributed by atoms with Crippen LogP contribution in [0.1, 0.15) is 24.8 Å². The molecule has 2 N–H and O–H groups in total. The molecule has 2 aromatic carbocycles. The third-order valence-corrected chi connectivity index (χ3v) is 5.05. The highest BCUT2D eigenvalue weighted by atomic mass is 32.1. The lowest BCUT2D eigenvalue weighted by Crippen LogP contribution is -2.20. The van der Waals surface area contributed by atoms with Gasteiger partial charge in [-0.05, 0) is 24.1 Å². The third kappa shape index (κ3) is 4.83. The highest BCUT2D eigenvalue weighted by Crippen LogP contribution is 2.28. The zero-order chi connectivity index (χ0) is 19.1. The predicted octanol–water partition coefficient (Wildman–Crippen LogP) is 5.54. The lowest BCUT2D eigenvalue weighted by molar-refractivity contribution is -0.117. The molecule has 0 aliphatic rings. The topological polar surface area (TPSA) is 54.0 Å². The maximum absolute atomic E-state index is 12.8. The second-order valence-electron chi connectivity index (χ2n) is 6.15. The molecule has 0 fully saturated rings. The van der Waals surface area contributed by atoms with Gasteiger partial charge in [-0.1, -0.05) is 55.5 Å². The minimum Gasteiger partial charge on any atom is -0.358 e. The van der Waals surface area contributed by atoms with Crippen LogP contribution in [0.5, 0.6) is 0 Å². The summed E-state index contributed by atoms with van der Waals surface area (Å²) in [6, 6.07) is 17.7. The molecule has 1 atom stereocenters. The van der Waals surface area contributed by atoms with Crippen LogP contribution in [-0.2, 0) is 4.79 Å². The summed E-state index contributed by atoms with van der Waals surface area (Å²) in [5.41, 5.74) is 3.67. The van der Waals surface area contributed by atoms with Crippen LogP contribution < -0.4 is 10.6 Å². The van der Waals surface area contributed by atoms with Crippen molar-refractivity contribution in [2.24, 2.45) is 0 Å². The fourth-order valence-electron chi connectivity index (χ4n) is 2.89. The SMILES string of the molecule is C=CCNc1nc(-c2cccc(NC(=O)[C@H](CC)c3ccccc3)c2)cs1. The molecule has 0 bridgehead atoms. The monoisotopic (exact) mass is 377 g/mol. The maximum Gasteiger partial charge on any atom is 0.231 e. The minimum absolute atomic E-state index is 0.00691. The van der Waals surface area contributed by atoms with Crippen molar-refractivity contribution in [3.05, 3.63) is 78.2 Å². The molecule has 0 radical (unpaired) electrons. The average molecular weight is 378 g/mol. The lowest BCUT2D eigenvalue weighted by Gasteiger charge is -2.15. The number of carbonyl (C=O) groups excluding carboxylic acids is 1. The molecular weight excluding hydrogens is 354 g/mol. The van der Waals surface area contributed by atoms with Gasteiger partial charge in [0.05, 0.1) is 11.6 Å². The fourth-order valence-corrected chi connectivity index (χ4v) is 3.62. The van der Waals surface area contributed by atoms with Gasteiger partial charge in [0, 0.05) is 23.2 Å². The van der Waals surface area contributed by atoms with Gasteiger partial charge in [-0.2, -0.15) is 0 Å². The van der Waals surface area contributed by atoms with Gasteiger partial charge in [0.15, 0.2) is 5.13 Å². The van der Waals surface area contributed by atoms with Crippen LogP contribution in [0, 0.1) is 0 Å². The Kier molecular flexibility index (Phi) is 6.39. The van der Waals surface area contributed by atoms with Gasteiger partial charge in [-0.3, -0.25) is 4.79 Å². The Bertz CT molecular complexity index is 905. The highest BCUT2D eigenvalue weighted by molar-refractivity contribution is 7.14. The van der Waals surface area contributed by atoms with Crippen LogP contribution in [-0.4, -0.2) is 17.4 Å². The molecule has 4 nitrogen and oxygen atoms in total. The molecule has 0 unspecified atom stereocenters. The van der Waals surface area contributed by atoms with Gasteiger partial charge in [0.1, 0.15) is 0 Å². The molecule has 0 saturated carbocycles. The summed E-state index contributed by atoms with van der Waals surface area (Å²) in [4.78, 5) is 17.4. The lowest BCUT2D eigenvalue weighted by atomic mass is 9.95. The fraction of sp³-hybridized carbons (Fsp3) is 0.182. The highest BCUT2D eigenvalue weighted by Gasteiger charge is 2.18. The van der Waals surface area contributed by atoms with Crippen LogP contribution >= 0.6 is 11.3 Å². The van der Waals surface area contributed by atoms with Crippen LogP contribution in [0.3, 0.4) is 0 Å². The Morgan fingerprint density at radius 1 is 1.22 bits per heavy atom. The van der Waals surface area contributed by atoms with Crippen molar-refractivity contribution in [2.75, 3.05) is 17.2 Å². The van der Waals surface area contributed by atoms with E-state index in [1.165, 1.54) is 0 Å². The van der Waals surface area contributed by atoms with Crippen molar-refractivity contribution >= 4 is 28.1 Å². The second kappa shape index (κ2) is 9.14. The predicted molar refractivity (Wildman–Crippen MR) is 114 cm³/mol. The molecule has 0 aliphatic carbocycles. The zero-order valence-corrected chi connectivity index (χ0v) is 16.1. The third-order valence-electron chi connectivity index (χ3n) is 4.25. The second-order valence-corrected chi connectivity index (χ2v) is 7.01. The van der Waals surface area contributed by atoms with E-state index in [0.717, 1.165) is 34.1 Å². The summed E-state index contributed by atoms with van der Waals surface area (Å²) in [6.45, 7) is 6.41. The van der Waals surface area contributed by atoms with E-state index in [0.29, 0.717) is 6.54 Å². The van der Waals surface area contributed by atoms with Crippen molar-refractivity contribution in [2.45, 2.75) is 19.3 Å². The number of carbonyl (C=O) groups is 1. The van der Waals surface area contributed by atoms with E-state index in [1.54, 1.807) is 17.4 Å². The van der Waals surface area contributed by atoms with Crippen LogP contribution in [0.2, 0.25) is 0 Å². The van der Waals surface area contributed by atoms with E-state index in [1.807, 2.05) is 66.9 Å². The average Bonchev–Trinajstić information content (AvgIpc) is 3.17. The number of amides is 1. The molecule has 27 heavy (non-hydrogen) atoms. The number of anilines is 2. The summed E-state index contributed by atoms with van der Waals surface area (Å²) >= 11 is 1.55. The number of nitrogens with zero attached hydrogens (tertiary/aromatic N) is 1. The maximum atomic E-state index is 12.8. The van der Waals surface area contributed by atoms with Gasteiger partial charge < -0.3 is 10.6 Å². The standard InChI is InChI=1S/C22H23N3OS/c1-3-13-23-22-25-20(15-27-22)17-11-8-12-18(14-17)24-21(26)19(4-2)16-9-6-5-7-10-16/h3,5-12,14-15,19H,1,4,13H2,2H3,(H,23,25)(H,24,26)/t19-/m1/s1. The first-order valence-electron chi connectivity index (χ1n) is 8.97. The molecule has 0 spiro atoms. The molecule has 1 amide bonds. The van der Waals surface area contributed by atoms with Gasteiger partial charge >= 0.3 is 0 Å². The summed E-state index contributed by atoms with van der Waals surface area (Å²) in [7, 11) is 0. The first kappa shape index (κ1) is 18.9. The molecule has 138 valence electrons. The van der Waals surface area contributed by atoms with Crippen LogP contribution in [0.25, 0.3) is 11.3 Å². The number of hydrogen-bond acceptors (Lipinski definition) is 4. The van der Waals surface area contributed by atoms with Gasteiger partial charge in [0.2, 0.25) is 5.91 Å². The smallest absolute Gasteiger partial charge is 0.231 e. The van der Waals surface area contributed by atoms with E-state index in [2.05, 4.69) is 22.2 Å². The molecule has 1 heterocycles. The van der Waals surface area contributed by atoms with Crippen molar-refractivity contribution < 1.29 is 4.79 Å². The van der Waals surface area contributed by atoms with Crippen LogP contribution in [0.4, 0.5) is 10.8 Å². The van der Waals surface area contributed by atoms with Gasteiger partial charge in [-0.25, -0.2) is 4.98 Å². The van der Waals surface area contributed by atoms with Crippen molar-refractivity contribution in [3.8, 4) is 11.3 Å². The Morgan fingerprint density at radius 2 is 2.04 bits per heavy atom. The molecule has 3 rings (SSSR count). The Hall–Kier alpha value is -2.92. The number of benzene rings is 2. The van der Waals surface area contributed by atoms with E-state index >= 15 is 0 Å². The number of hydrogen-bond donors (Lipinski definition) is 2. The van der Waals surface area contributed by atoms with E-state index in [9.17, 15) is 4.79 Å². The largest absolute Gasteiger partial charge is 0.358 e. The van der Waals surface area contributed by atoms with Crippen molar-refractivity contribution in [3.63, 3.8) is 0 Å². The summed E-state index contributed by atoms with van der Waals surface area (Å²) in [6.07, 6.45) is 2.55. The first-order valence-corrected chi connectivity index (χ1v) is 9.85. The van der Waals surface area contributed by atoms with Crippen LogP contribution in [0.15, 0.2) is 72.6 Å². The Morgan fingerprint density at radius 3 is 2.78 bits per heavy atom. The number of rotatable bonds is 8. The quantitative estimate of drug-likeness (QED) is 0.507. The first-order chi connectivity index (χ1) is 13.2. The summed E-state index contributed by atoms with van der Waals surface area (Å²) in [5.74, 6) is -0.156. The van der Waals surface area contributed by atoms with Crippen molar-refractivity contribution in [1.82, 2.24) is 4.98 Å². The molecule has 3 aromatic rings. The minimum atomic E-state index is -0.163. The number of thiazole rings is 1. The zero-order valence-electron chi connectivity index (χ0n) is 15.3. The van der Waals surface area contributed by atoms with Crippen molar-refractivity contribution in [1.29, 1.82) is 0 Å². The number of nitrogens with one attached hydrogen (secondary N) is 2. The Balaban J connectivity index is 1.74. The Labute approximate surface area is 164 Å². The molecule has 1 aromatic heterocycles. The summed E-state index contributed by atoms with van der Waals surface area (Å²) in [5, 5.41) is 9.10. The number of aromatic nitrogens is 1. The van der Waals surface area contributed by atoms with Gasteiger partial charge in [0.25, 0.3) is 0 Å². The van der Waals surface area contributed by atoms with E-state index in [4.69, 9.17) is 0 Å². The van der Waals surface area contributed by atoms with E-state index in [-0.39, 0.29) is 11.8 Å². The molecule has 0 aliphatic heterocycles. The van der Waals surface area contributed by atoms with Gasteiger partial charge in [-0.15, -0.1) is 17.9 Å². The normalized spacial score (nSPS) is 11.6.